The third kappa shape index (κ3) is 1.65. The van der Waals surface area contributed by atoms with E-state index >= 15 is 0 Å². The van der Waals surface area contributed by atoms with Crippen molar-refractivity contribution in [2.75, 3.05) is 0 Å². The molecule has 0 saturated heterocycles. The molecule has 0 aliphatic carbocycles. The molecular formula is C7H6F2INO. The Bertz CT molecular complexity index is 304. The summed E-state index contributed by atoms with van der Waals surface area (Å²) in [6.07, 6.45) is -1.61. The molecular weight excluding hydrogens is 279 g/mol. The summed E-state index contributed by atoms with van der Waals surface area (Å²) in [4.78, 5) is 3.72. The lowest BCUT2D eigenvalue weighted by Gasteiger charge is -2.07. The summed E-state index contributed by atoms with van der Waals surface area (Å²) < 4.78 is 25.0. The van der Waals surface area contributed by atoms with E-state index in [1.54, 1.807) is 0 Å². The molecule has 5 heteroatoms. The Morgan fingerprint density at radius 1 is 1.58 bits per heavy atom. The number of hydrogen-bond donors (Lipinski definition) is 1. The molecule has 1 rings (SSSR count). The average molecular weight is 285 g/mol. The van der Waals surface area contributed by atoms with Gasteiger partial charge in [0.05, 0.1) is 11.8 Å². The highest BCUT2D eigenvalue weighted by atomic mass is 127. The van der Waals surface area contributed by atoms with Crippen LogP contribution in [0.1, 0.15) is 17.6 Å². The Morgan fingerprint density at radius 2 is 2.17 bits per heavy atom. The van der Waals surface area contributed by atoms with Crippen molar-refractivity contribution < 1.29 is 13.9 Å². The number of aromatic hydroxyl groups is 1. The van der Waals surface area contributed by atoms with Crippen molar-refractivity contribution in [2.45, 2.75) is 13.3 Å². The molecule has 1 N–H and O–H groups in total. The van der Waals surface area contributed by atoms with Crippen molar-refractivity contribution in [3.05, 3.63) is 21.0 Å². The summed E-state index contributed by atoms with van der Waals surface area (Å²) in [5.41, 5.74) is 0.0139. The van der Waals surface area contributed by atoms with Gasteiger partial charge in [-0.1, -0.05) is 0 Å². The van der Waals surface area contributed by atoms with Gasteiger partial charge < -0.3 is 5.11 Å². The monoisotopic (exact) mass is 285 g/mol. The van der Waals surface area contributed by atoms with E-state index in [0.29, 0.717) is 9.26 Å². The number of aromatic nitrogens is 1. The Labute approximate surface area is 81.8 Å². The Morgan fingerprint density at radius 3 is 2.58 bits per heavy atom. The van der Waals surface area contributed by atoms with Crippen LogP contribution in [0.25, 0.3) is 0 Å². The van der Waals surface area contributed by atoms with Crippen LogP contribution < -0.4 is 0 Å². The van der Waals surface area contributed by atoms with Gasteiger partial charge in [-0.15, -0.1) is 0 Å². The molecule has 0 unspecified atom stereocenters. The van der Waals surface area contributed by atoms with Crippen LogP contribution in [0.2, 0.25) is 0 Å². The van der Waals surface area contributed by atoms with Gasteiger partial charge in [-0.05, 0) is 35.1 Å². The van der Waals surface area contributed by atoms with Gasteiger partial charge in [0.1, 0.15) is 9.45 Å². The maximum atomic E-state index is 12.3. The number of rotatable bonds is 1. The van der Waals surface area contributed by atoms with E-state index in [1.807, 2.05) is 22.6 Å². The van der Waals surface area contributed by atoms with Crippen LogP contribution in [0.3, 0.4) is 0 Å². The third-order valence-corrected chi connectivity index (χ3v) is 2.60. The fourth-order valence-electron chi connectivity index (χ4n) is 0.863. The first kappa shape index (κ1) is 9.63. The first-order valence-electron chi connectivity index (χ1n) is 3.16. The quantitative estimate of drug-likeness (QED) is 0.635. The van der Waals surface area contributed by atoms with Gasteiger partial charge >= 0.3 is 0 Å². The van der Waals surface area contributed by atoms with Crippen LogP contribution in [0.5, 0.6) is 5.75 Å². The van der Waals surface area contributed by atoms with Gasteiger partial charge in [0, 0.05) is 0 Å². The van der Waals surface area contributed by atoms with E-state index in [4.69, 9.17) is 5.11 Å². The van der Waals surface area contributed by atoms with Crippen LogP contribution in [-0.4, -0.2) is 10.1 Å². The molecule has 0 aliphatic rings. The number of nitrogens with zero attached hydrogens (tertiary/aromatic N) is 1. The molecule has 0 amide bonds. The molecule has 2 nitrogen and oxygen atoms in total. The summed E-state index contributed by atoms with van der Waals surface area (Å²) >= 11 is 1.84. The van der Waals surface area contributed by atoms with Gasteiger partial charge in [-0.25, -0.2) is 13.8 Å². The number of pyridine rings is 1. The fourth-order valence-corrected chi connectivity index (χ4v) is 1.29. The predicted octanol–water partition coefficient (Wildman–Crippen LogP) is 2.64. The van der Waals surface area contributed by atoms with Crippen LogP contribution in [0, 0.1) is 10.6 Å². The number of alkyl halides is 2. The highest BCUT2D eigenvalue weighted by Gasteiger charge is 2.17. The molecule has 0 fully saturated rings. The van der Waals surface area contributed by atoms with E-state index in [-0.39, 0.29) is 5.56 Å². The molecule has 0 spiro atoms. The second-order valence-electron chi connectivity index (χ2n) is 2.27. The summed E-state index contributed by atoms with van der Waals surface area (Å²) in [6, 6.07) is 0. The molecule has 0 radical (unpaired) electrons. The van der Waals surface area contributed by atoms with Gasteiger partial charge in [-0.3, -0.25) is 0 Å². The zero-order chi connectivity index (χ0) is 9.30. The number of hydrogen-bond acceptors (Lipinski definition) is 2. The summed E-state index contributed by atoms with van der Waals surface area (Å²) in [5.74, 6) is -0.442. The first-order valence-corrected chi connectivity index (χ1v) is 4.24. The van der Waals surface area contributed by atoms with E-state index in [1.165, 1.54) is 6.92 Å². The van der Waals surface area contributed by atoms with Crippen molar-refractivity contribution in [1.29, 1.82) is 0 Å². The van der Waals surface area contributed by atoms with Crippen LogP contribution in [-0.2, 0) is 0 Å². The average Bonchev–Trinajstić information content (AvgIpc) is 1.97. The zero-order valence-electron chi connectivity index (χ0n) is 6.18. The molecule has 1 heterocycles. The predicted molar refractivity (Wildman–Crippen MR) is 48.3 cm³/mol. The molecule has 0 bridgehead atoms. The minimum atomic E-state index is -2.65. The van der Waals surface area contributed by atoms with Gasteiger partial charge in [0.25, 0.3) is 6.43 Å². The van der Waals surface area contributed by atoms with E-state index in [2.05, 4.69) is 4.98 Å². The maximum Gasteiger partial charge on any atom is 0.267 e. The summed E-state index contributed by atoms with van der Waals surface area (Å²) in [6.45, 7) is 1.51. The van der Waals surface area contributed by atoms with Crippen LogP contribution >= 0.6 is 22.6 Å². The second-order valence-corrected chi connectivity index (χ2v) is 3.30. The van der Waals surface area contributed by atoms with Gasteiger partial charge in [-0.2, -0.15) is 0 Å². The highest BCUT2D eigenvalue weighted by molar-refractivity contribution is 14.1. The zero-order valence-corrected chi connectivity index (χ0v) is 8.34. The Balaban J connectivity index is 3.33. The SMILES string of the molecule is Cc1c(I)ncc(O)c1C(F)F. The van der Waals surface area contributed by atoms with E-state index in [9.17, 15) is 8.78 Å². The van der Waals surface area contributed by atoms with Crippen LogP contribution in [0.15, 0.2) is 6.20 Å². The molecule has 1 aromatic rings. The molecule has 0 atom stereocenters. The van der Waals surface area contributed by atoms with E-state index in [0.717, 1.165) is 6.20 Å². The standard InChI is InChI=1S/C7H6F2INO/c1-3-5(6(8)9)4(12)2-11-7(3)10/h2,6,12H,1H3. The van der Waals surface area contributed by atoms with Crippen molar-refractivity contribution in [2.24, 2.45) is 0 Å². The van der Waals surface area contributed by atoms with Crippen LogP contribution in [0.4, 0.5) is 8.78 Å². The molecule has 0 aromatic carbocycles. The summed E-state index contributed by atoms with van der Waals surface area (Å²) in [5, 5.41) is 9.04. The molecule has 0 saturated carbocycles. The van der Waals surface area contributed by atoms with Crippen molar-refractivity contribution in [1.82, 2.24) is 4.98 Å². The second kappa shape index (κ2) is 3.51. The molecule has 12 heavy (non-hydrogen) atoms. The van der Waals surface area contributed by atoms with Crippen molar-refractivity contribution >= 4 is 22.6 Å². The van der Waals surface area contributed by atoms with Crippen molar-refractivity contribution in [3.63, 3.8) is 0 Å². The molecule has 1 aromatic heterocycles. The smallest absolute Gasteiger partial charge is 0.267 e. The van der Waals surface area contributed by atoms with Crippen molar-refractivity contribution in [3.8, 4) is 5.75 Å². The third-order valence-electron chi connectivity index (χ3n) is 1.51. The first-order chi connectivity index (χ1) is 5.54. The number of halogens is 3. The molecule has 0 aliphatic heterocycles. The van der Waals surface area contributed by atoms with E-state index < -0.39 is 12.2 Å². The lowest BCUT2D eigenvalue weighted by atomic mass is 10.1. The largest absolute Gasteiger partial charge is 0.506 e. The lowest BCUT2D eigenvalue weighted by molar-refractivity contribution is 0.146. The molecule has 66 valence electrons. The minimum Gasteiger partial charge on any atom is -0.506 e. The van der Waals surface area contributed by atoms with Gasteiger partial charge in [0.15, 0.2) is 0 Å². The Kier molecular flexibility index (Phi) is 2.81. The lowest BCUT2D eigenvalue weighted by Crippen LogP contribution is -1.95. The maximum absolute atomic E-state index is 12.3. The normalized spacial score (nSPS) is 10.8. The highest BCUT2D eigenvalue weighted by Crippen LogP contribution is 2.31. The van der Waals surface area contributed by atoms with Gasteiger partial charge in [0.2, 0.25) is 0 Å². The topological polar surface area (TPSA) is 33.1 Å². The summed E-state index contributed by atoms with van der Waals surface area (Å²) in [7, 11) is 0. The fraction of sp³-hybridized carbons (Fsp3) is 0.286. The Hall–Kier alpha value is -0.460. The minimum absolute atomic E-state index is 0.325.